The summed E-state index contributed by atoms with van der Waals surface area (Å²) in [5, 5.41) is 0. The average Bonchev–Trinajstić information content (AvgIpc) is 0. The van der Waals surface area contributed by atoms with E-state index in [1.807, 2.05) is 0 Å². The minimum Gasteiger partial charge on any atom is -1.00 e. The number of halogens is 4. The summed E-state index contributed by atoms with van der Waals surface area (Å²) in [4.78, 5) is 0. The van der Waals surface area contributed by atoms with Gasteiger partial charge in [-0.15, -0.1) is 0 Å². The van der Waals surface area contributed by atoms with E-state index in [0.29, 0.717) is 0 Å². The predicted molar refractivity (Wildman–Crippen MR) is 0 cm³/mol. The minimum absolute atomic E-state index is 0. The van der Waals surface area contributed by atoms with Gasteiger partial charge in [0.05, 0.1) is 0 Å². The SMILES string of the molecule is [Ag+2].[Ag+2].[F-].[F-].[F-].[F-]. The van der Waals surface area contributed by atoms with Crippen molar-refractivity contribution in [2.75, 3.05) is 0 Å². The Morgan fingerprint density at radius 3 is 0.333 bits per heavy atom. The number of rotatable bonds is 0. The molecule has 0 heterocycles. The molecule has 0 saturated heterocycles. The summed E-state index contributed by atoms with van der Waals surface area (Å²) >= 11 is 0. The van der Waals surface area contributed by atoms with Crippen molar-refractivity contribution in [3.63, 3.8) is 0 Å². The average molecular weight is 292 g/mol. The molecular weight excluding hydrogens is 292 g/mol. The van der Waals surface area contributed by atoms with Gasteiger partial charge < -0.3 is 18.8 Å². The quantitative estimate of drug-likeness (QED) is 0.307. The van der Waals surface area contributed by atoms with Gasteiger partial charge >= 0.3 is 44.8 Å². The molecule has 0 aromatic rings. The summed E-state index contributed by atoms with van der Waals surface area (Å²) in [5.74, 6) is 0. The standard InChI is InChI=1S/2Ag.4FH/h;;4*1H/q2*+2;;;;/p-4. The van der Waals surface area contributed by atoms with Crippen LogP contribution < -0.4 is 18.8 Å². The second-order valence-corrected chi connectivity index (χ2v) is 0. The number of hydrogen-bond acceptors (Lipinski definition) is 0. The number of hydrogen-bond donors (Lipinski definition) is 0. The summed E-state index contributed by atoms with van der Waals surface area (Å²) in [5.41, 5.74) is 0. The zero-order chi connectivity index (χ0) is 0. The molecule has 0 N–H and O–H groups in total. The summed E-state index contributed by atoms with van der Waals surface area (Å²) in [6.07, 6.45) is 0. The normalized spacial score (nSPS) is 0. The first-order valence-corrected chi connectivity index (χ1v) is 0. The molecule has 0 spiro atoms. The maximum absolute atomic E-state index is 0. The maximum atomic E-state index is 0. The first-order chi connectivity index (χ1) is 0. The van der Waals surface area contributed by atoms with Crippen molar-refractivity contribution >= 4 is 0 Å². The van der Waals surface area contributed by atoms with Gasteiger partial charge in [-0.05, 0) is 0 Å². The fourth-order valence-electron chi connectivity index (χ4n) is 0. The Morgan fingerprint density at radius 2 is 0.333 bits per heavy atom. The second kappa shape index (κ2) is 116. The molecule has 6 heavy (non-hydrogen) atoms. The Balaban J connectivity index is 0. The first-order valence-electron chi connectivity index (χ1n) is 0. The molecule has 0 nitrogen and oxygen atoms in total. The molecule has 0 aliphatic heterocycles. The molecule has 50 valence electrons. The van der Waals surface area contributed by atoms with E-state index in [4.69, 9.17) is 0 Å². The molecular formula is Ag2F4. The first kappa shape index (κ1) is 192. The van der Waals surface area contributed by atoms with Crippen LogP contribution >= 0.6 is 0 Å². The van der Waals surface area contributed by atoms with E-state index >= 15 is 0 Å². The summed E-state index contributed by atoms with van der Waals surface area (Å²) in [7, 11) is 0. The van der Waals surface area contributed by atoms with Gasteiger partial charge in [0.15, 0.2) is 0 Å². The van der Waals surface area contributed by atoms with Crippen LogP contribution in [0.3, 0.4) is 0 Å². The van der Waals surface area contributed by atoms with Crippen LogP contribution in [-0.4, -0.2) is 0 Å². The van der Waals surface area contributed by atoms with Gasteiger partial charge in [0.2, 0.25) is 0 Å². The molecule has 0 aromatic heterocycles. The van der Waals surface area contributed by atoms with Crippen LogP contribution in [0.15, 0.2) is 0 Å². The molecule has 0 aliphatic rings. The van der Waals surface area contributed by atoms with Crippen molar-refractivity contribution in [1.82, 2.24) is 0 Å². The van der Waals surface area contributed by atoms with E-state index in [-0.39, 0.29) is 63.6 Å². The van der Waals surface area contributed by atoms with E-state index in [9.17, 15) is 0 Å². The fourth-order valence-corrected chi connectivity index (χ4v) is 0. The van der Waals surface area contributed by atoms with Gasteiger partial charge in [-0.2, -0.15) is 0 Å². The van der Waals surface area contributed by atoms with Gasteiger partial charge in [0.1, 0.15) is 0 Å². The third kappa shape index (κ3) is 63.7. The van der Waals surface area contributed by atoms with E-state index in [0.717, 1.165) is 0 Å². The van der Waals surface area contributed by atoms with E-state index in [2.05, 4.69) is 0 Å². The molecule has 0 saturated carbocycles. The van der Waals surface area contributed by atoms with Gasteiger partial charge in [-0.25, -0.2) is 0 Å². The predicted octanol–water partition coefficient (Wildman–Crippen LogP) is -12.0. The van der Waals surface area contributed by atoms with Crippen LogP contribution in [-0.2, 0) is 44.8 Å². The topological polar surface area (TPSA) is 0 Å². The van der Waals surface area contributed by atoms with Crippen LogP contribution in [0.4, 0.5) is 0 Å². The molecule has 0 unspecified atom stereocenters. The van der Waals surface area contributed by atoms with Gasteiger partial charge in [-0.1, -0.05) is 0 Å². The van der Waals surface area contributed by atoms with E-state index in [1.165, 1.54) is 0 Å². The van der Waals surface area contributed by atoms with Crippen LogP contribution in [0.1, 0.15) is 0 Å². The van der Waals surface area contributed by atoms with Crippen molar-refractivity contribution < 1.29 is 63.6 Å². The third-order valence-corrected chi connectivity index (χ3v) is 0. The summed E-state index contributed by atoms with van der Waals surface area (Å²) in [6.45, 7) is 0. The van der Waals surface area contributed by atoms with E-state index in [1.54, 1.807) is 0 Å². The molecule has 0 bridgehead atoms. The molecule has 0 aliphatic carbocycles. The van der Waals surface area contributed by atoms with Crippen LogP contribution in [0.2, 0.25) is 0 Å². The smallest absolute Gasteiger partial charge is 1.00 e. The van der Waals surface area contributed by atoms with Crippen LogP contribution in [0.25, 0.3) is 0 Å². The summed E-state index contributed by atoms with van der Waals surface area (Å²) < 4.78 is 0. The van der Waals surface area contributed by atoms with Crippen molar-refractivity contribution in [2.45, 2.75) is 0 Å². The Bertz CT molecular complexity index is 5.51. The zero-order valence-electron chi connectivity index (χ0n) is 2.11. The van der Waals surface area contributed by atoms with E-state index < -0.39 is 0 Å². The molecule has 0 fully saturated rings. The summed E-state index contributed by atoms with van der Waals surface area (Å²) in [6, 6.07) is 0. The van der Waals surface area contributed by atoms with Crippen molar-refractivity contribution in [3.05, 3.63) is 0 Å². The third-order valence-electron chi connectivity index (χ3n) is 0. The van der Waals surface area contributed by atoms with Crippen molar-refractivity contribution in [3.8, 4) is 0 Å². The van der Waals surface area contributed by atoms with Gasteiger partial charge in [0.25, 0.3) is 0 Å². The molecule has 2 radical (unpaired) electrons. The van der Waals surface area contributed by atoms with Crippen LogP contribution in [0.5, 0.6) is 0 Å². The zero-order valence-corrected chi connectivity index (χ0v) is 5.08. The minimum atomic E-state index is 0. The molecule has 0 aromatic carbocycles. The van der Waals surface area contributed by atoms with Gasteiger partial charge in [0, 0.05) is 0 Å². The van der Waals surface area contributed by atoms with Gasteiger partial charge in [-0.3, -0.25) is 0 Å². The largest absolute Gasteiger partial charge is 2.00 e. The fraction of sp³-hybridized carbons (Fsp3) is 0. The second-order valence-electron chi connectivity index (χ2n) is 0. The Labute approximate surface area is 63.5 Å². The molecule has 6 heteroatoms. The maximum Gasteiger partial charge on any atom is 2.00 e. The van der Waals surface area contributed by atoms with Crippen molar-refractivity contribution in [2.24, 2.45) is 0 Å². The Hall–Kier alpha value is 1.20. The van der Waals surface area contributed by atoms with Crippen LogP contribution in [0, 0.1) is 0 Å². The molecule has 0 rings (SSSR count). The Morgan fingerprint density at radius 1 is 0.333 bits per heavy atom. The molecule has 0 atom stereocenters. The van der Waals surface area contributed by atoms with Crippen molar-refractivity contribution in [1.29, 1.82) is 0 Å². The Kier molecular flexibility index (Phi) is 3720. The monoisotopic (exact) mass is 290 g/mol. The molecule has 0 amide bonds.